The summed E-state index contributed by atoms with van der Waals surface area (Å²) >= 11 is 6.02. The first-order valence-electron chi connectivity index (χ1n) is 7.50. The smallest absolute Gasteiger partial charge is 0.324 e. The van der Waals surface area contributed by atoms with Crippen molar-refractivity contribution in [2.45, 2.75) is 13.8 Å². The Labute approximate surface area is 154 Å². The number of halogens is 3. The van der Waals surface area contributed by atoms with Gasteiger partial charge in [0.1, 0.15) is 11.0 Å². The number of aromatic nitrogens is 2. The first-order valence-corrected chi connectivity index (χ1v) is 7.88. The van der Waals surface area contributed by atoms with Gasteiger partial charge in [-0.1, -0.05) is 23.3 Å². The summed E-state index contributed by atoms with van der Waals surface area (Å²) in [5.41, 5.74) is 1.91. The highest BCUT2D eigenvalue weighted by Gasteiger charge is 2.12. The molecule has 5 nitrogen and oxygen atoms in total. The van der Waals surface area contributed by atoms with E-state index in [1.807, 2.05) is 13.8 Å². The number of hydrogen-bond acceptors (Lipinski definition) is 4. The van der Waals surface area contributed by atoms with Gasteiger partial charge in [0.15, 0.2) is 11.6 Å². The Hall–Kier alpha value is -2.80. The van der Waals surface area contributed by atoms with Gasteiger partial charge in [0.05, 0.1) is 5.69 Å². The highest BCUT2D eigenvalue weighted by atomic mass is 35.5. The molecule has 0 aliphatic rings. The Morgan fingerprint density at radius 2 is 1.96 bits per heavy atom. The fourth-order valence-electron chi connectivity index (χ4n) is 1.98. The van der Waals surface area contributed by atoms with Crippen molar-refractivity contribution in [3.05, 3.63) is 64.6 Å². The molecule has 0 saturated carbocycles. The fourth-order valence-corrected chi connectivity index (χ4v) is 2.16. The molecule has 0 saturated heterocycles. The van der Waals surface area contributed by atoms with Crippen LogP contribution in [0, 0.1) is 11.6 Å². The standard InChI is InChI=1S/C18H16ClF2N3O2/c1-11(2)6-12(9-24(3)10-25)15-8-17(19)23-18(22-15)26-16-5-4-13(20)7-14(16)21/h4-10H,1-3H3/b12-9+. The SMILES string of the molecule is CC(C)=C/C(=C\N(C)C=O)c1cc(Cl)nc(Oc2ccc(F)cc2F)n1. The van der Waals surface area contributed by atoms with Crippen LogP contribution >= 0.6 is 11.6 Å². The summed E-state index contributed by atoms with van der Waals surface area (Å²) in [5.74, 6) is -1.86. The van der Waals surface area contributed by atoms with Crippen molar-refractivity contribution in [1.82, 2.24) is 14.9 Å². The van der Waals surface area contributed by atoms with E-state index in [-0.39, 0.29) is 16.9 Å². The lowest BCUT2D eigenvalue weighted by molar-refractivity contribution is -0.114. The number of amides is 1. The summed E-state index contributed by atoms with van der Waals surface area (Å²) in [6, 6.07) is 4.15. The summed E-state index contributed by atoms with van der Waals surface area (Å²) in [5, 5.41) is 0.0642. The first-order chi connectivity index (χ1) is 12.3. The van der Waals surface area contributed by atoms with E-state index in [1.54, 1.807) is 19.3 Å². The van der Waals surface area contributed by atoms with Crippen LogP contribution in [0.15, 0.2) is 42.1 Å². The maximum atomic E-state index is 13.8. The zero-order chi connectivity index (χ0) is 19.3. The van der Waals surface area contributed by atoms with E-state index in [2.05, 4.69) is 9.97 Å². The number of benzene rings is 1. The zero-order valence-corrected chi connectivity index (χ0v) is 15.1. The number of ether oxygens (including phenoxy) is 1. The zero-order valence-electron chi connectivity index (χ0n) is 14.3. The van der Waals surface area contributed by atoms with Gasteiger partial charge in [-0.3, -0.25) is 4.79 Å². The van der Waals surface area contributed by atoms with Gasteiger partial charge in [0.25, 0.3) is 0 Å². The quantitative estimate of drug-likeness (QED) is 0.418. The second-order valence-corrected chi connectivity index (χ2v) is 6.00. The van der Waals surface area contributed by atoms with Gasteiger partial charge < -0.3 is 9.64 Å². The highest BCUT2D eigenvalue weighted by Crippen LogP contribution is 2.26. The minimum absolute atomic E-state index is 0.0642. The predicted octanol–water partition coefficient (Wildman–Crippen LogP) is 4.60. The third kappa shape index (κ3) is 5.35. The van der Waals surface area contributed by atoms with E-state index in [4.69, 9.17) is 16.3 Å². The van der Waals surface area contributed by atoms with Crippen LogP contribution in [0.1, 0.15) is 19.5 Å². The highest BCUT2D eigenvalue weighted by molar-refractivity contribution is 6.29. The van der Waals surface area contributed by atoms with Crippen molar-refractivity contribution >= 4 is 23.6 Å². The number of rotatable bonds is 6. The Morgan fingerprint density at radius 1 is 1.23 bits per heavy atom. The van der Waals surface area contributed by atoms with Crippen LogP contribution in [0.2, 0.25) is 5.15 Å². The van der Waals surface area contributed by atoms with Crippen LogP contribution in [-0.2, 0) is 4.79 Å². The topological polar surface area (TPSA) is 55.3 Å². The minimum Gasteiger partial charge on any atom is -0.421 e. The molecular formula is C18H16ClF2N3O2. The Balaban J connectivity index is 2.45. The average Bonchev–Trinajstić information content (AvgIpc) is 2.55. The van der Waals surface area contributed by atoms with Gasteiger partial charge in [-0.25, -0.2) is 8.78 Å². The first kappa shape index (κ1) is 19.5. The van der Waals surface area contributed by atoms with E-state index >= 15 is 0 Å². The summed E-state index contributed by atoms with van der Waals surface area (Å²) in [7, 11) is 1.57. The predicted molar refractivity (Wildman–Crippen MR) is 94.7 cm³/mol. The van der Waals surface area contributed by atoms with Gasteiger partial charge in [-0.05, 0) is 26.0 Å². The normalized spacial score (nSPS) is 11.1. The molecule has 2 aromatic rings. The van der Waals surface area contributed by atoms with Crippen molar-refractivity contribution in [2.24, 2.45) is 0 Å². The molecule has 0 aliphatic carbocycles. The molecule has 136 valence electrons. The van der Waals surface area contributed by atoms with E-state index < -0.39 is 11.6 Å². The number of hydrogen-bond donors (Lipinski definition) is 0. The lowest BCUT2D eigenvalue weighted by Gasteiger charge is -2.11. The maximum Gasteiger partial charge on any atom is 0.324 e. The van der Waals surface area contributed by atoms with Gasteiger partial charge in [0, 0.05) is 31.0 Å². The van der Waals surface area contributed by atoms with Crippen molar-refractivity contribution in [2.75, 3.05) is 7.05 Å². The summed E-state index contributed by atoms with van der Waals surface area (Å²) in [4.78, 5) is 20.3. The molecule has 0 atom stereocenters. The summed E-state index contributed by atoms with van der Waals surface area (Å²) in [6.07, 6.45) is 3.98. The lowest BCUT2D eigenvalue weighted by atomic mass is 10.1. The van der Waals surface area contributed by atoms with E-state index in [0.29, 0.717) is 23.7 Å². The Bertz CT molecular complexity index is 881. The molecule has 26 heavy (non-hydrogen) atoms. The molecule has 0 unspecified atom stereocenters. The van der Waals surface area contributed by atoms with E-state index in [0.717, 1.165) is 17.7 Å². The van der Waals surface area contributed by atoms with Gasteiger partial charge in [0.2, 0.25) is 6.41 Å². The molecule has 0 aliphatic heterocycles. The van der Waals surface area contributed by atoms with Gasteiger partial charge in [-0.15, -0.1) is 0 Å². The molecule has 8 heteroatoms. The van der Waals surface area contributed by atoms with Crippen molar-refractivity contribution in [3.8, 4) is 11.8 Å². The number of nitrogens with zero attached hydrogens (tertiary/aromatic N) is 3. The molecule has 0 bridgehead atoms. The van der Waals surface area contributed by atoms with E-state index in [1.165, 1.54) is 11.0 Å². The van der Waals surface area contributed by atoms with Crippen molar-refractivity contribution < 1.29 is 18.3 Å². The summed E-state index contributed by atoms with van der Waals surface area (Å²) in [6.45, 7) is 3.76. The molecule has 1 heterocycles. The van der Waals surface area contributed by atoms with Crippen LogP contribution in [0.3, 0.4) is 0 Å². The van der Waals surface area contributed by atoms with Gasteiger partial charge >= 0.3 is 6.01 Å². The van der Waals surface area contributed by atoms with Crippen LogP contribution < -0.4 is 4.74 Å². The molecule has 0 N–H and O–H groups in total. The second kappa shape index (κ2) is 8.53. The van der Waals surface area contributed by atoms with Crippen LogP contribution in [0.25, 0.3) is 5.57 Å². The molecule has 0 radical (unpaired) electrons. The van der Waals surface area contributed by atoms with Crippen molar-refractivity contribution in [1.29, 1.82) is 0 Å². The molecule has 2 rings (SSSR count). The number of carbonyl (C=O) groups is 1. The lowest BCUT2D eigenvalue weighted by Crippen LogP contribution is -2.08. The third-order valence-electron chi connectivity index (χ3n) is 3.02. The molecular weight excluding hydrogens is 364 g/mol. The van der Waals surface area contributed by atoms with Gasteiger partial charge in [-0.2, -0.15) is 9.97 Å². The second-order valence-electron chi connectivity index (χ2n) is 5.61. The van der Waals surface area contributed by atoms with Crippen LogP contribution in [-0.4, -0.2) is 28.3 Å². The number of allylic oxidation sites excluding steroid dienone is 3. The molecule has 1 aromatic heterocycles. The Morgan fingerprint density at radius 3 is 2.58 bits per heavy atom. The van der Waals surface area contributed by atoms with Crippen LogP contribution in [0.4, 0.5) is 8.78 Å². The van der Waals surface area contributed by atoms with Crippen molar-refractivity contribution in [3.63, 3.8) is 0 Å². The molecule has 0 spiro atoms. The van der Waals surface area contributed by atoms with Crippen LogP contribution in [0.5, 0.6) is 11.8 Å². The fraction of sp³-hybridized carbons (Fsp3) is 0.167. The third-order valence-corrected chi connectivity index (χ3v) is 3.21. The summed E-state index contributed by atoms with van der Waals surface area (Å²) < 4.78 is 32.1. The number of carbonyl (C=O) groups excluding carboxylic acids is 1. The largest absolute Gasteiger partial charge is 0.421 e. The Kier molecular flexibility index (Phi) is 6.41. The van der Waals surface area contributed by atoms with E-state index in [9.17, 15) is 13.6 Å². The monoisotopic (exact) mass is 379 g/mol. The maximum absolute atomic E-state index is 13.8. The average molecular weight is 380 g/mol. The molecule has 1 aromatic carbocycles. The molecule has 1 amide bonds. The minimum atomic E-state index is -0.893. The molecule has 0 fully saturated rings.